The average molecular weight is 544 g/mol. The van der Waals surface area contributed by atoms with Crippen molar-refractivity contribution in [2.45, 2.75) is 38.4 Å². The van der Waals surface area contributed by atoms with E-state index in [-0.39, 0.29) is 11.3 Å². The highest BCUT2D eigenvalue weighted by atomic mass is 19.4. The lowest BCUT2D eigenvalue weighted by molar-refractivity contribution is -0.175. The summed E-state index contributed by atoms with van der Waals surface area (Å²) in [6, 6.07) is 14.0. The molecule has 7 nitrogen and oxygen atoms in total. The van der Waals surface area contributed by atoms with Crippen molar-refractivity contribution in [3.8, 4) is 5.75 Å². The molecule has 1 N–H and O–H groups in total. The predicted octanol–water partition coefficient (Wildman–Crippen LogP) is 4.36. The van der Waals surface area contributed by atoms with Crippen LogP contribution in [0.3, 0.4) is 0 Å². The van der Waals surface area contributed by atoms with Crippen LogP contribution in [0.2, 0.25) is 0 Å². The lowest BCUT2D eigenvalue weighted by Crippen LogP contribution is -2.48. The summed E-state index contributed by atoms with van der Waals surface area (Å²) in [6.07, 6.45) is 0.222. The molecule has 2 aliphatic heterocycles. The summed E-state index contributed by atoms with van der Waals surface area (Å²) in [5, 5.41) is 1.88. The van der Waals surface area contributed by atoms with Crippen molar-refractivity contribution in [2.24, 2.45) is 5.41 Å². The molecule has 2 heterocycles. The van der Waals surface area contributed by atoms with Crippen LogP contribution in [-0.4, -0.2) is 66.5 Å². The first-order valence-corrected chi connectivity index (χ1v) is 13.0. The van der Waals surface area contributed by atoms with Gasteiger partial charge in [0.25, 0.3) is 0 Å². The third-order valence-corrected chi connectivity index (χ3v) is 7.42. The smallest absolute Gasteiger partial charge is 0.471 e. The minimum Gasteiger partial charge on any atom is -0.493 e. The zero-order valence-corrected chi connectivity index (χ0v) is 21.7. The zero-order chi connectivity index (χ0) is 28.0. The summed E-state index contributed by atoms with van der Waals surface area (Å²) in [6.45, 7) is 4.21. The van der Waals surface area contributed by atoms with Crippen LogP contribution in [0.5, 0.6) is 5.75 Å². The molecular weight excluding hydrogens is 511 g/mol. The van der Waals surface area contributed by atoms with E-state index in [1.165, 1.54) is 23.1 Å². The second-order valence-corrected chi connectivity index (χ2v) is 9.95. The van der Waals surface area contributed by atoms with Gasteiger partial charge in [-0.15, -0.1) is 0 Å². The molecule has 2 fully saturated rings. The Balaban J connectivity index is 1.37. The SMILES string of the molecule is CCOc1ccccc1C=CC(=O)N1CCC2(CC1)CCN(C(=O)C(NC(=O)C(F)(F)F)c1ccccc1)C2. The Morgan fingerprint density at radius 1 is 0.974 bits per heavy atom. The summed E-state index contributed by atoms with van der Waals surface area (Å²) >= 11 is 0. The summed E-state index contributed by atoms with van der Waals surface area (Å²) in [7, 11) is 0. The van der Waals surface area contributed by atoms with Gasteiger partial charge in [0, 0.05) is 37.8 Å². The highest BCUT2D eigenvalue weighted by Crippen LogP contribution is 2.41. The molecule has 2 aromatic rings. The molecule has 0 aliphatic carbocycles. The van der Waals surface area contributed by atoms with E-state index in [0.29, 0.717) is 63.4 Å². The predicted molar refractivity (Wildman–Crippen MR) is 139 cm³/mol. The van der Waals surface area contributed by atoms with Crippen LogP contribution < -0.4 is 10.1 Å². The van der Waals surface area contributed by atoms with Gasteiger partial charge < -0.3 is 19.9 Å². The van der Waals surface area contributed by atoms with Gasteiger partial charge in [-0.3, -0.25) is 14.4 Å². The van der Waals surface area contributed by atoms with Crippen molar-refractivity contribution >= 4 is 23.8 Å². The normalized spacial score (nSPS) is 17.8. The molecule has 2 saturated heterocycles. The fourth-order valence-corrected chi connectivity index (χ4v) is 5.23. The monoisotopic (exact) mass is 543 g/mol. The van der Waals surface area contributed by atoms with Gasteiger partial charge in [-0.2, -0.15) is 13.2 Å². The highest BCUT2D eigenvalue weighted by Gasteiger charge is 2.46. The van der Waals surface area contributed by atoms with Gasteiger partial charge in [0.1, 0.15) is 11.8 Å². The maximum Gasteiger partial charge on any atom is 0.471 e. The summed E-state index contributed by atoms with van der Waals surface area (Å²) in [5.74, 6) is -2.12. The Morgan fingerprint density at radius 2 is 1.59 bits per heavy atom. The van der Waals surface area contributed by atoms with Crippen molar-refractivity contribution in [3.05, 3.63) is 71.8 Å². The standard InChI is InChI=1S/C29H32F3N3O4/c1-2-39-23-11-7-6-8-21(23)12-13-24(36)34-17-14-28(15-18-34)16-19-35(20-28)26(37)25(22-9-4-3-5-10-22)33-27(38)29(30,31)32/h3-13,25H,2,14-20H2,1H3,(H,33,38). The fourth-order valence-electron chi connectivity index (χ4n) is 5.23. The molecular formula is C29H32F3N3O4. The van der Waals surface area contributed by atoms with E-state index in [0.717, 1.165) is 5.56 Å². The lowest BCUT2D eigenvalue weighted by atomic mass is 9.77. The number of para-hydroxylation sites is 1. The molecule has 0 saturated carbocycles. The number of alkyl halides is 3. The van der Waals surface area contributed by atoms with Crippen LogP contribution >= 0.6 is 0 Å². The molecule has 4 rings (SSSR count). The molecule has 39 heavy (non-hydrogen) atoms. The van der Waals surface area contributed by atoms with Crippen LogP contribution in [0.25, 0.3) is 6.08 Å². The van der Waals surface area contributed by atoms with Gasteiger partial charge in [0.15, 0.2) is 0 Å². The van der Waals surface area contributed by atoms with Gasteiger partial charge in [0.05, 0.1) is 6.61 Å². The Kier molecular flexibility index (Phi) is 8.62. The topological polar surface area (TPSA) is 79.0 Å². The van der Waals surface area contributed by atoms with Gasteiger partial charge >= 0.3 is 12.1 Å². The van der Waals surface area contributed by atoms with Crippen molar-refractivity contribution < 1.29 is 32.3 Å². The Hall–Kier alpha value is -3.82. The van der Waals surface area contributed by atoms with E-state index in [2.05, 4.69) is 0 Å². The number of rotatable bonds is 7. The van der Waals surface area contributed by atoms with E-state index in [9.17, 15) is 27.6 Å². The number of carbonyl (C=O) groups excluding carboxylic acids is 3. The van der Waals surface area contributed by atoms with Crippen LogP contribution in [-0.2, 0) is 14.4 Å². The van der Waals surface area contributed by atoms with E-state index >= 15 is 0 Å². The molecule has 1 atom stereocenters. The third-order valence-electron chi connectivity index (χ3n) is 7.42. The molecule has 1 unspecified atom stereocenters. The van der Waals surface area contributed by atoms with Crippen LogP contribution in [0.1, 0.15) is 43.4 Å². The number of carbonyl (C=O) groups is 3. The Labute approximate surface area is 225 Å². The molecule has 0 radical (unpaired) electrons. The number of amides is 3. The Bertz CT molecular complexity index is 1210. The van der Waals surface area contributed by atoms with E-state index in [4.69, 9.17) is 4.74 Å². The zero-order valence-electron chi connectivity index (χ0n) is 21.7. The van der Waals surface area contributed by atoms with Gasteiger partial charge in [0.2, 0.25) is 11.8 Å². The molecule has 1 spiro atoms. The van der Waals surface area contributed by atoms with Crippen molar-refractivity contribution in [3.63, 3.8) is 0 Å². The molecule has 2 aromatic carbocycles. The number of hydrogen-bond donors (Lipinski definition) is 1. The van der Waals surface area contributed by atoms with Crippen molar-refractivity contribution in [1.29, 1.82) is 0 Å². The van der Waals surface area contributed by atoms with Gasteiger partial charge in [-0.05, 0) is 49.3 Å². The molecule has 2 aliphatic rings. The number of halogens is 3. The van der Waals surface area contributed by atoms with Crippen LogP contribution in [0.15, 0.2) is 60.7 Å². The van der Waals surface area contributed by atoms with Crippen LogP contribution in [0, 0.1) is 5.41 Å². The number of ether oxygens (including phenoxy) is 1. The van der Waals surface area contributed by atoms with E-state index in [1.54, 1.807) is 29.2 Å². The number of piperidine rings is 1. The van der Waals surface area contributed by atoms with Gasteiger partial charge in [-0.1, -0.05) is 48.5 Å². The maximum atomic E-state index is 13.4. The molecule has 208 valence electrons. The molecule has 10 heteroatoms. The fraction of sp³-hybridized carbons (Fsp3) is 0.414. The molecule has 3 amide bonds. The number of nitrogens with one attached hydrogen (secondary N) is 1. The van der Waals surface area contributed by atoms with Crippen molar-refractivity contribution in [1.82, 2.24) is 15.1 Å². The summed E-state index contributed by atoms with van der Waals surface area (Å²) in [5.41, 5.74) is 0.892. The summed E-state index contributed by atoms with van der Waals surface area (Å²) in [4.78, 5) is 41.2. The van der Waals surface area contributed by atoms with E-state index < -0.39 is 24.0 Å². The maximum absolute atomic E-state index is 13.4. The largest absolute Gasteiger partial charge is 0.493 e. The number of nitrogens with zero attached hydrogens (tertiary/aromatic N) is 2. The molecule has 0 bridgehead atoms. The quantitative estimate of drug-likeness (QED) is 0.527. The van der Waals surface area contributed by atoms with Crippen molar-refractivity contribution in [2.75, 3.05) is 32.8 Å². The number of benzene rings is 2. The van der Waals surface area contributed by atoms with E-state index in [1.807, 2.05) is 36.5 Å². The summed E-state index contributed by atoms with van der Waals surface area (Å²) < 4.78 is 44.5. The molecule has 0 aromatic heterocycles. The number of hydrogen-bond acceptors (Lipinski definition) is 4. The second-order valence-electron chi connectivity index (χ2n) is 9.95. The first-order chi connectivity index (χ1) is 18.6. The number of likely N-dealkylation sites (tertiary alicyclic amines) is 2. The Morgan fingerprint density at radius 3 is 2.23 bits per heavy atom. The first kappa shape index (κ1) is 28.2. The van der Waals surface area contributed by atoms with Crippen LogP contribution in [0.4, 0.5) is 13.2 Å². The van der Waals surface area contributed by atoms with Gasteiger partial charge in [-0.25, -0.2) is 0 Å². The minimum atomic E-state index is -5.10. The average Bonchev–Trinajstić information content (AvgIpc) is 3.34. The highest BCUT2D eigenvalue weighted by molar-refractivity contribution is 5.92. The third kappa shape index (κ3) is 6.79. The second kappa shape index (κ2) is 11.9. The lowest BCUT2D eigenvalue weighted by Gasteiger charge is -2.39. The minimum absolute atomic E-state index is 0.110. The first-order valence-electron chi connectivity index (χ1n) is 13.0.